The van der Waals surface area contributed by atoms with E-state index in [2.05, 4.69) is 0 Å². The molecule has 0 radical (unpaired) electrons. The Morgan fingerprint density at radius 3 is 1.71 bits per heavy atom. The molecule has 0 fully saturated rings. The fourth-order valence-electron chi connectivity index (χ4n) is 2.34. The van der Waals surface area contributed by atoms with Crippen LogP contribution in [0.1, 0.15) is 11.1 Å². The van der Waals surface area contributed by atoms with Crippen LogP contribution < -0.4 is 0 Å². The number of phenols is 4. The van der Waals surface area contributed by atoms with Crippen LogP contribution in [0.5, 0.6) is 23.0 Å². The average Bonchev–Trinajstić information content (AvgIpc) is 2.73. The van der Waals surface area contributed by atoms with Crippen molar-refractivity contribution in [1.82, 2.24) is 0 Å². The van der Waals surface area contributed by atoms with Crippen molar-refractivity contribution < 1.29 is 49.8 Å². The third-order valence-electron chi connectivity index (χ3n) is 4.08. The first-order valence-corrected chi connectivity index (χ1v) is 8.61. The van der Waals surface area contributed by atoms with Crippen LogP contribution in [0.15, 0.2) is 48.6 Å². The Balaban J connectivity index is 2.22. The summed E-state index contributed by atoms with van der Waals surface area (Å²) in [5.74, 6) is -6.16. The van der Waals surface area contributed by atoms with Crippen molar-refractivity contribution in [3.8, 4) is 23.0 Å². The summed E-state index contributed by atoms with van der Waals surface area (Å²) in [6, 6.07) is 7.18. The van der Waals surface area contributed by atoms with Gasteiger partial charge in [-0.25, -0.2) is 9.59 Å². The minimum absolute atomic E-state index is 0.222. The zero-order chi connectivity index (χ0) is 23.2. The molecule has 1 unspecified atom stereocenters. The highest BCUT2D eigenvalue weighted by Gasteiger charge is 2.48. The van der Waals surface area contributed by atoms with Gasteiger partial charge in [-0.05, 0) is 47.5 Å². The Morgan fingerprint density at radius 2 is 1.29 bits per heavy atom. The molecule has 0 aromatic heterocycles. The standard InChI is InChI=1S/C21H18O10/c22-11-21(20(29)30,18(27)7-3-12-1-5-14(23)16(25)9-12)31-19(28)8-4-13-2-6-15(24)17(26)10-13/h1-10,22-26H,11H2,(H,29,30). The van der Waals surface area contributed by atoms with E-state index in [4.69, 9.17) is 4.74 Å². The summed E-state index contributed by atoms with van der Waals surface area (Å²) in [7, 11) is 0. The van der Waals surface area contributed by atoms with E-state index >= 15 is 0 Å². The third kappa shape index (κ3) is 5.40. The summed E-state index contributed by atoms with van der Waals surface area (Å²) >= 11 is 0. The average molecular weight is 430 g/mol. The van der Waals surface area contributed by atoms with Gasteiger partial charge in [0.05, 0.1) is 0 Å². The number of carboxylic acids is 1. The van der Waals surface area contributed by atoms with E-state index < -0.39 is 47.2 Å². The molecule has 0 amide bonds. The molecule has 10 nitrogen and oxygen atoms in total. The number of ketones is 1. The van der Waals surface area contributed by atoms with Crippen LogP contribution in [-0.2, 0) is 19.1 Å². The van der Waals surface area contributed by atoms with Crippen LogP contribution in [-0.4, -0.2) is 60.6 Å². The Morgan fingerprint density at radius 1 is 0.806 bits per heavy atom. The lowest BCUT2D eigenvalue weighted by atomic mass is 9.98. The van der Waals surface area contributed by atoms with Gasteiger partial charge in [0, 0.05) is 6.08 Å². The minimum atomic E-state index is -2.92. The van der Waals surface area contributed by atoms with Crippen molar-refractivity contribution >= 4 is 29.9 Å². The number of aliphatic hydroxyl groups excluding tert-OH is 1. The van der Waals surface area contributed by atoms with Gasteiger partial charge in [-0.15, -0.1) is 0 Å². The summed E-state index contributed by atoms with van der Waals surface area (Å²) in [4.78, 5) is 36.2. The van der Waals surface area contributed by atoms with Gasteiger partial charge in [0.1, 0.15) is 6.61 Å². The lowest BCUT2D eigenvalue weighted by Crippen LogP contribution is -2.52. The maximum atomic E-state index is 12.5. The second-order valence-electron chi connectivity index (χ2n) is 6.24. The number of carboxylic acid groups (broad SMARTS) is 1. The van der Waals surface area contributed by atoms with Crippen LogP contribution >= 0.6 is 0 Å². The van der Waals surface area contributed by atoms with Gasteiger partial charge in [0.2, 0.25) is 5.78 Å². The van der Waals surface area contributed by atoms with E-state index in [1.165, 1.54) is 12.1 Å². The van der Waals surface area contributed by atoms with Crippen LogP contribution in [0.4, 0.5) is 0 Å². The fraction of sp³-hybridized carbons (Fsp3) is 0.0952. The molecule has 162 valence electrons. The Bertz CT molecular complexity index is 1070. The van der Waals surface area contributed by atoms with E-state index in [0.717, 1.165) is 48.6 Å². The fourth-order valence-corrected chi connectivity index (χ4v) is 2.34. The van der Waals surface area contributed by atoms with Crippen molar-refractivity contribution in [3.05, 3.63) is 59.7 Å². The normalized spacial score (nSPS) is 13.2. The summed E-state index contributed by atoms with van der Waals surface area (Å²) in [5, 5.41) is 56.4. The Kier molecular flexibility index (Phi) is 7.01. The molecule has 0 aliphatic heterocycles. The number of aliphatic hydroxyl groups is 1. The number of aromatic hydroxyl groups is 4. The van der Waals surface area contributed by atoms with E-state index in [1.807, 2.05) is 0 Å². The molecule has 0 saturated carbocycles. The van der Waals surface area contributed by atoms with Gasteiger partial charge < -0.3 is 35.4 Å². The maximum Gasteiger partial charge on any atom is 0.359 e. The predicted octanol–water partition coefficient (Wildman–Crippen LogP) is 1.16. The first kappa shape index (κ1) is 23.0. The largest absolute Gasteiger partial charge is 0.504 e. The molecular formula is C21H18O10. The lowest BCUT2D eigenvalue weighted by molar-refractivity contribution is -0.182. The SMILES string of the molecule is O=C(C=Cc1ccc(O)c(O)c1)OC(CO)(C(=O)O)C(=O)C=Cc1ccc(O)c(O)c1. The molecule has 2 aromatic carbocycles. The highest BCUT2D eigenvalue weighted by molar-refractivity contribution is 6.15. The summed E-state index contributed by atoms with van der Waals surface area (Å²) in [6.45, 7) is -1.36. The Labute approximate surface area is 175 Å². The van der Waals surface area contributed by atoms with E-state index in [1.54, 1.807) is 0 Å². The van der Waals surface area contributed by atoms with Crippen LogP contribution in [0.2, 0.25) is 0 Å². The molecule has 0 bridgehead atoms. The molecule has 10 heteroatoms. The number of aliphatic carboxylic acids is 1. The van der Waals surface area contributed by atoms with Gasteiger partial charge in [-0.3, -0.25) is 4.79 Å². The lowest BCUT2D eigenvalue weighted by Gasteiger charge is -2.23. The molecule has 0 saturated heterocycles. The monoisotopic (exact) mass is 430 g/mol. The summed E-state index contributed by atoms with van der Waals surface area (Å²) in [6.07, 6.45) is 3.74. The Hall–Kier alpha value is -4.31. The van der Waals surface area contributed by atoms with Crippen LogP contribution in [0.3, 0.4) is 0 Å². The number of hydrogen-bond acceptors (Lipinski definition) is 9. The van der Waals surface area contributed by atoms with Gasteiger partial charge in [-0.2, -0.15) is 0 Å². The number of carbonyl (C=O) groups excluding carboxylic acids is 2. The quantitative estimate of drug-likeness (QED) is 0.154. The van der Waals surface area contributed by atoms with Crippen LogP contribution in [0, 0.1) is 0 Å². The highest BCUT2D eigenvalue weighted by atomic mass is 16.6. The summed E-state index contributed by atoms with van der Waals surface area (Å²) < 4.78 is 4.74. The molecule has 1 atom stereocenters. The summed E-state index contributed by atoms with van der Waals surface area (Å²) in [5.41, 5.74) is -2.44. The molecule has 2 rings (SSSR count). The molecule has 0 heterocycles. The molecule has 0 aliphatic rings. The van der Waals surface area contributed by atoms with Gasteiger partial charge in [-0.1, -0.05) is 18.2 Å². The second kappa shape index (κ2) is 9.46. The predicted molar refractivity (Wildman–Crippen MR) is 106 cm³/mol. The van der Waals surface area contributed by atoms with Crippen molar-refractivity contribution in [2.24, 2.45) is 0 Å². The molecule has 0 spiro atoms. The smallest absolute Gasteiger partial charge is 0.359 e. The first-order valence-electron chi connectivity index (χ1n) is 8.61. The number of ether oxygens (including phenoxy) is 1. The van der Waals surface area contributed by atoms with Crippen molar-refractivity contribution in [2.75, 3.05) is 6.61 Å². The zero-order valence-electron chi connectivity index (χ0n) is 15.8. The van der Waals surface area contributed by atoms with Crippen molar-refractivity contribution in [1.29, 1.82) is 0 Å². The molecule has 31 heavy (non-hydrogen) atoms. The topological polar surface area (TPSA) is 182 Å². The molecular weight excluding hydrogens is 412 g/mol. The van der Waals surface area contributed by atoms with Gasteiger partial charge >= 0.3 is 11.9 Å². The molecule has 6 N–H and O–H groups in total. The number of phenolic OH excluding ortho intramolecular Hbond substituents is 4. The number of esters is 1. The number of carbonyl (C=O) groups is 3. The van der Waals surface area contributed by atoms with Crippen molar-refractivity contribution in [3.63, 3.8) is 0 Å². The zero-order valence-corrected chi connectivity index (χ0v) is 15.8. The first-order chi connectivity index (χ1) is 14.6. The highest BCUT2D eigenvalue weighted by Crippen LogP contribution is 2.26. The molecule has 0 aliphatic carbocycles. The van der Waals surface area contributed by atoms with Crippen molar-refractivity contribution in [2.45, 2.75) is 5.60 Å². The van der Waals surface area contributed by atoms with Gasteiger partial charge in [0.25, 0.3) is 5.60 Å². The van der Waals surface area contributed by atoms with Crippen LogP contribution in [0.25, 0.3) is 12.2 Å². The second-order valence-corrected chi connectivity index (χ2v) is 6.24. The number of rotatable bonds is 8. The maximum absolute atomic E-state index is 12.5. The third-order valence-corrected chi connectivity index (χ3v) is 4.08. The minimum Gasteiger partial charge on any atom is -0.504 e. The van der Waals surface area contributed by atoms with E-state index in [0.29, 0.717) is 0 Å². The van der Waals surface area contributed by atoms with E-state index in [-0.39, 0.29) is 16.9 Å². The van der Waals surface area contributed by atoms with E-state index in [9.17, 15) is 45.0 Å². The number of benzene rings is 2. The van der Waals surface area contributed by atoms with Gasteiger partial charge in [0.15, 0.2) is 23.0 Å². The molecule has 2 aromatic rings. The number of hydrogen-bond donors (Lipinski definition) is 6.